The van der Waals surface area contributed by atoms with E-state index < -0.39 is 0 Å². The Balaban J connectivity index is 1.99. The van der Waals surface area contributed by atoms with Gasteiger partial charge in [0.25, 0.3) is 0 Å². The number of aromatic nitrogens is 1. The molecule has 0 spiro atoms. The highest BCUT2D eigenvalue weighted by Crippen LogP contribution is 2.42. The molecule has 1 aromatic heterocycles. The third-order valence-corrected chi connectivity index (χ3v) is 5.43. The molecule has 0 saturated heterocycles. The fourth-order valence-corrected chi connectivity index (χ4v) is 3.98. The summed E-state index contributed by atoms with van der Waals surface area (Å²) in [5.74, 6) is 2.29. The minimum absolute atomic E-state index is 0.0901. The number of rotatable bonds is 4. The molecule has 0 fully saturated rings. The number of hydrogen-bond acceptors (Lipinski definition) is 4. The molecule has 1 amide bonds. The molecule has 4 rings (SSSR count). The molecule has 0 bridgehead atoms. The first-order valence-electron chi connectivity index (χ1n) is 9.24. The van der Waals surface area contributed by atoms with Crippen LogP contribution in [0.25, 0.3) is 22.0 Å². The number of amides is 1. The lowest BCUT2D eigenvalue weighted by atomic mass is 10.0. The molecule has 146 valence electrons. The Morgan fingerprint density at radius 2 is 1.61 bits per heavy atom. The van der Waals surface area contributed by atoms with Crippen molar-refractivity contribution >= 4 is 16.8 Å². The van der Waals surface area contributed by atoms with Crippen LogP contribution in [-0.2, 0) is 17.9 Å². The first kappa shape index (κ1) is 18.2. The number of carbonyl (C=O) groups excluding carboxylic acids is 1. The number of benzene rings is 2. The molecule has 0 atom stereocenters. The van der Waals surface area contributed by atoms with Crippen molar-refractivity contribution in [3.63, 3.8) is 0 Å². The highest BCUT2D eigenvalue weighted by Gasteiger charge is 2.27. The lowest BCUT2D eigenvalue weighted by Crippen LogP contribution is -2.36. The molecule has 0 N–H and O–H groups in total. The minimum Gasteiger partial charge on any atom is -0.497 e. The fraction of sp³-hybridized carbons (Fsp3) is 0.318. The second-order valence-electron chi connectivity index (χ2n) is 6.87. The molecular formula is C22H24N2O4. The second kappa shape index (κ2) is 7.11. The molecule has 2 heterocycles. The highest BCUT2D eigenvalue weighted by molar-refractivity contribution is 6.00. The Hall–Kier alpha value is -3.15. The van der Waals surface area contributed by atoms with E-state index in [2.05, 4.69) is 16.7 Å². The molecule has 28 heavy (non-hydrogen) atoms. The summed E-state index contributed by atoms with van der Waals surface area (Å²) < 4.78 is 18.7. The molecule has 3 aromatic rings. The average Bonchev–Trinajstić information content (AvgIpc) is 3.05. The van der Waals surface area contributed by atoms with Crippen LogP contribution in [0.2, 0.25) is 0 Å². The molecular weight excluding hydrogens is 356 g/mol. The van der Waals surface area contributed by atoms with Gasteiger partial charge in [0.05, 0.1) is 33.4 Å². The van der Waals surface area contributed by atoms with E-state index >= 15 is 0 Å². The van der Waals surface area contributed by atoms with E-state index in [1.54, 1.807) is 28.3 Å². The zero-order valence-electron chi connectivity index (χ0n) is 16.6. The topological polar surface area (TPSA) is 52.9 Å². The van der Waals surface area contributed by atoms with Crippen LogP contribution in [0.15, 0.2) is 36.4 Å². The van der Waals surface area contributed by atoms with Crippen molar-refractivity contribution in [2.45, 2.75) is 20.0 Å². The number of carbonyl (C=O) groups is 1. The lowest BCUT2D eigenvalue weighted by Gasteiger charge is -2.29. The van der Waals surface area contributed by atoms with Crippen LogP contribution in [0.5, 0.6) is 17.2 Å². The van der Waals surface area contributed by atoms with Crippen LogP contribution >= 0.6 is 0 Å². The van der Waals surface area contributed by atoms with Gasteiger partial charge in [0.15, 0.2) is 11.5 Å². The summed E-state index contributed by atoms with van der Waals surface area (Å²) in [7, 11) is 4.95. The predicted molar refractivity (Wildman–Crippen MR) is 108 cm³/mol. The van der Waals surface area contributed by atoms with Gasteiger partial charge in [0.2, 0.25) is 5.91 Å². The van der Waals surface area contributed by atoms with Crippen LogP contribution in [-0.4, -0.2) is 43.2 Å². The summed E-state index contributed by atoms with van der Waals surface area (Å²) in [6, 6.07) is 12.1. The van der Waals surface area contributed by atoms with Crippen molar-refractivity contribution in [3.8, 4) is 28.4 Å². The first-order chi connectivity index (χ1) is 13.6. The van der Waals surface area contributed by atoms with Crippen molar-refractivity contribution in [3.05, 3.63) is 42.1 Å². The maximum Gasteiger partial charge on any atom is 0.219 e. The van der Waals surface area contributed by atoms with Crippen molar-refractivity contribution in [2.24, 2.45) is 0 Å². The molecule has 0 radical (unpaired) electrons. The summed E-state index contributed by atoms with van der Waals surface area (Å²) in [6.45, 7) is 3.65. The third-order valence-electron chi connectivity index (χ3n) is 5.43. The zero-order chi connectivity index (χ0) is 19.8. The standard InChI is InChI=1S/C22H24N2O4/c1-14(25)23-9-10-24-18-12-21(28-4)20(27-3)11-17(18)22(19(24)13-23)15-5-7-16(26-2)8-6-15/h5-8,11-12H,9-10,13H2,1-4H3. The Bertz CT molecular complexity index is 1040. The number of ether oxygens (including phenoxy) is 3. The van der Waals surface area contributed by atoms with E-state index in [-0.39, 0.29) is 5.91 Å². The smallest absolute Gasteiger partial charge is 0.219 e. The van der Waals surface area contributed by atoms with Gasteiger partial charge in [0, 0.05) is 42.7 Å². The van der Waals surface area contributed by atoms with E-state index in [9.17, 15) is 4.79 Å². The van der Waals surface area contributed by atoms with Gasteiger partial charge in [-0.2, -0.15) is 0 Å². The van der Waals surface area contributed by atoms with Gasteiger partial charge in [-0.05, 0) is 23.8 Å². The van der Waals surface area contributed by atoms with Gasteiger partial charge in [-0.1, -0.05) is 12.1 Å². The van der Waals surface area contributed by atoms with E-state index in [1.165, 1.54) is 0 Å². The Morgan fingerprint density at radius 1 is 0.929 bits per heavy atom. The van der Waals surface area contributed by atoms with Gasteiger partial charge in [-0.15, -0.1) is 0 Å². The highest BCUT2D eigenvalue weighted by atomic mass is 16.5. The second-order valence-corrected chi connectivity index (χ2v) is 6.87. The average molecular weight is 380 g/mol. The fourth-order valence-electron chi connectivity index (χ4n) is 3.98. The summed E-state index contributed by atoms with van der Waals surface area (Å²) in [6.07, 6.45) is 0. The quantitative estimate of drug-likeness (QED) is 0.693. The summed E-state index contributed by atoms with van der Waals surface area (Å²) in [5, 5.41) is 1.09. The number of fused-ring (bicyclic) bond motifs is 3. The van der Waals surface area contributed by atoms with Crippen molar-refractivity contribution < 1.29 is 19.0 Å². The van der Waals surface area contributed by atoms with Crippen LogP contribution in [0.1, 0.15) is 12.6 Å². The van der Waals surface area contributed by atoms with Crippen LogP contribution in [0.3, 0.4) is 0 Å². The third kappa shape index (κ3) is 2.85. The lowest BCUT2D eigenvalue weighted by molar-refractivity contribution is -0.130. The monoisotopic (exact) mass is 380 g/mol. The minimum atomic E-state index is 0.0901. The van der Waals surface area contributed by atoms with Gasteiger partial charge in [0.1, 0.15) is 5.75 Å². The molecule has 0 aliphatic carbocycles. The van der Waals surface area contributed by atoms with Crippen molar-refractivity contribution in [1.82, 2.24) is 9.47 Å². The summed E-state index contributed by atoms with van der Waals surface area (Å²) >= 11 is 0. The van der Waals surface area contributed by atoms with Crippen LogP contribution < -0.4 is 14.2 Å². The molecule has 6 heteroatoms. The number of hydrogen-bond donors (Lipinski definition) is 0. The van der Waals surface area contributed by atoms with Crippen LogP contribution in [0, 0.1) is 0 Å². The van der Waals surface area contributed by atoms with Gasteiger partial charge in [-0.3, -0.25) is 4.79 Å². The maximum absolute atomic E-state index is 12.0. The van der Waals surface area contributed by atoms with Crippen LogP contribution in [0.4, 0.5) is 0 Å². The molecule has 1 aliphatic rings. The Kier molecular flexibility index (Phi) is 4.63. The molecule has 0 saturated carbocycles. The maximum atomic E-state index is 12.0. The number of nitrogens with zero attached hydrogens (tertiary/aromatic N) is 2. The van der Waals surface area contributed by atoms with Crippen molar-refractivity contribution in [2.75, 3.05) is 27.9 Å². The zero-order valence-corrected chi connectivity index (χ0v) is 16.6. The molecule has 0 unspecified atom stereocenters. The Labute approximate surface area is 164 Å². The Morgan fingerprint density at radius 3 is 2.21 bits per heavy atom. The van der Waals surface area contributed by atoms with E-state index in [4.69, 9.17) is 14.2 Å². The molecule has 6 nitrogen and oxygen atoms in total. The van der Waals surface area contributed by atoms with E-state index in [0.717, 1.165) is 40.0 Å². The SMILES string of the molecule is COc1ccc(-c2c3n(c4cc(OC)c(OC)cc24)CCN(C(C)=O)C3)cc1. The summed E-state index contributed by atoms with van der Waals surface area (Å²) in [5.41, 5.74) is 4.40. The van der Waals surface area contributed by atoms with Crippen molar-refractivity contribution in [1.29, 1.82) is 0 Å². The number of methoxy groups -OCH3 is 3. The van der Waals surface area contributed by atoms with Gasteiger partial charge >= 0.3 is 0 Å². The van der Waals surface area contributed by atoms with Gasteiger partial charge in [-0.25, -0.2) is 0 Å². The van der Waals surface area contributed by atoms with Gasteiger partial charge < -0.3 is 23.7 Å². The van der Waals surface area contributed by atoms with E-state index in [1.807, 2.05) is 29.2 Å². The predicted octanol–water partition coefficient (Wildman–Crippen LogP) is 3.70. The largest absolute Gasteiger partial charge is 0.497 e. The van der Waals surface area contributed by atoms with E-state index in [0.29, 0.717) is 24.6 Å². The molecule has 1 aliphatic heterocycles. The first-order valence-corrected chi connectivity index (χ1v) is 9.24. The normalized spacial score (nSPS) is 13.4. The molecule has 2 aromatic carbocycles. The summed E-state index contributed by atoms with van der Waals surface area (Å²) in [4.78, 5) is 13.9.